The normalized spacial score (nSPS) is 18.5. The van der Waals surface area contributed by atoms with Crippen LogP contribution < -0.4 is 15.4 Å². The molecule has 0 bridgehead atoms. The van der Waals surface area contributed by atoms with E-state index in [1.807, 2.05) is 0 Å². The maximum absolute atomic E-state index is 12.4. The number of hydrogen-bond donors (Lipinski definition) is 2. The quantitative estimate of drug-likeness (QED) is 0.867. The molecule has 2 aliphatic rings. The molecule has 2 heterocycles. The van der Waals surface area contributed by atoms with Crippen LogP contribution in [0.1, 0.15) is 40.0 Å². The van der Waals surface area contributed by atoms with Crippen molar-refractivity contribution in [2.45, 2.75) is 31.3 Å². The van der Waals surface area contributed by atoms with Crippen LogP contribution in [-0.2, 0) is 0 Å². The molecule has 1 aromatic carbocycles. The number of halogens is 3. The third kappa shape index (κ3) is 3.84. The Morgan fingerprint density at radius 1 is 1.33 bits per heavy atom. The van der Waals surface area contributed by atoms with Crippen molar-refractivity contribution in [1.29, 1.82) is 0 Å². The number of nitrogens with one attached hydrogen (secondary N) is 2. The minimum Gasteiger partial charge on any atom is -0.486 e. The lowest BCUT2D eigenvalue weighted by molar-refractivity contribution is 0.0187. The Bertz CT molecular complexity index is 634. The molecule has 1 aromatic rings. The van der Waals surface area contributed by atoms with Crippen LogP contribution in [0.25, 0.3) is 0 Å². The molecule has 5 nitrogen and oxygen atoms in total. The summed E-state index contributed by atoms with van der Waals surface area (Å²) in [7, 11) is 0. The van der Waals surface area contributed by atoms with Crippen molar-refractivity contribution in [1.82, 2.24) is 10.6 Å². The molecule has 24 heavy (non-hydrogen) atoms. The van der Waals surface area contributed by atoms with E-state index in [1.54, 1.807) is 6.07 Å². The van der Waals surface area contributed by atoms with Gasteiger partial charge < -0.3 is 15.4 Å². The Labute approximate surface area is 144 Å². The zero-order valence-electron chi connectivity index (χ0n) is 12.9. The number of piperidine rings is 1. The molecule has 3 rings (SSSR count). The number of Topliss-reactive ketones (excluding diaryl/α,β-unsaturated/α-hetero) is 1. The van der Waals surface area contributed by atoms with Crippen molar-refractivity contribution in [2.24, 2.45) is 0 Å². The van der Waals surface area contributed by atoms with E-state index in [1.165, 1.54) is 12.1 Å². The van der Waals surface area contributed by atoms with Gasteiger partial charge in [-0.15, -0.1) is 12.4 Å². The molecule has 0 unspecified atom stereocenters. The lowest BCUT2D eigenvalue weighted by Gasteiger charge is -2.40. The maximum atomic E-state index is 12.4. The Morgan fingerprint density at radius 3 is 2.71 bits per heavy atom. The van der Waals surface area contributed by atoms with Crippen molar-refractivity contribution in [3.63, 3.8) is 0 Å². The van der Waals surface area contributed by atoms with Gasteiger partial charge in [0.2, 0.25) is 0 Å². The minimum absolute atomic E-state index is 0. The van der Waals surface area contributed by atoms with Gasteiger partial charge in [-0.05, 0) is 31.3 Å². The molecular weight excluding hydrogens is 342 g/mol. The number of hydrogen-bond acceptors (Lipinski definition) is 4. The summed E-state index contributed by atoms with van der Waals surface area (Å²) in [5.74, 6) is -0.228. The van der Waals surface area contributed by atoms with Gasteiger partial charge in [0.25, 0.3) is 12.3 Å². The van der Waals surface area contributed by atoms with Crippen LogP contribution in [-0.4, -0.2) is 43.4 Å². The third-order valence-electron chi connectivity index (χ3n) is 4.28. The summed E-state index contributed by atoms with van der Waals surface area (Å²) in [5.41, 5.74) is 0.0656. The number of alkyl halides is 2. The van der Waals surface area contributed by atoms with Crippen molar-refractivity contribution in [2.75, 3.05) is 19.6 Å². The Hall–Kier alpha value is -1.73. The van der Waals surface area contributed by atoms with Crippen molar-refractivity contribution in [3.05, 3.63) is 29.3 Å². The van der Waals surface area contributed by atoms with Crippen LogP contribution in [0.4, 0.5) is 8.78 Å². The van der Waals surface area contributed by atoms with E-state index in [-0.39, 0.29) is 30.2 Å². The van der Waals surface area contributed by atoms with Crippen LogP contribution >= 0.6 is 12.4 Å². The predicted molar refractivity (Wildman–Crippen MR) is 86.4 cm³/mol. The molecule has 1 saturated heterocycles. The monoisotopic (exact) mass is 360 g/mol. The highest BCUT2D eigenvalue weighted by Gasteiger charge is 2.41. The predicted octanol–water partition coefficient (Wildman–Crippen LogP) is 2.19. The first kappa shape index (κ1) is 18.6. The molecular formula is C16H19ClF2N2O3. The molecule has 2 N–H and O–H groups in total. The first-order valence-electron chi connectivity index (χ1n) is 7.62. The van der Waals surface area contributed by atoms with E-state index >= 15 is 0 Å². The number of carbonyl (C=O) groups excluding carboxylic acids is 2. The number of carbonyl (C=O) groups is 2. The second-order valence-corrected chi connectivity index (χ2v) is 5.95. The minimum atomic E-state index is -2.61. The van der Waals surface area contributed by atoms with E-state index in [2.05, 4.69) is 10.6 Å². The number of rotatable bonds is 3. The number of ether oxygens (including phenoxy) is 1. The highest BCUT2D eigenvalue weighted by Crippen LogP contribution is 2.38. The molecule has 1 spiro atoms. The van der Waals surface area contributed by atoms with Crippen molar-refractivity contribution in [3.8, 4) is 5.75 Å². The van der Waals surface area contributed by atoms with E-state index < -0.39 is 24.5 Å². The Kier molecular flexibility index (Phi) is 5.77. The first-order valence-corrected chi connectivity index (χ1v) is 7.62. The number of amides is 1. The van der Waals surface area contributed by atoms with Crippen LogP contribution in [0.3, 0.4) is 0 Å². The van der Waals surface area contributed by atoms with Gasteiger partial charge in [0.15, 0.2) is 5.78 Å². The molecule has 0 aromatic heterocycles. The summed E-state index contributed by atoms with van der Waals surface area (Å²) in [5, 5.41) is 5.36. The highest BCUT2D eigenvalue weighted by atomic mass is 35.5. The summed E-state index contributed by atoms with van der Waals surface area (Å²) in [4.78, 5) is 24.3. The lowest BCUT2D eigenvalue weighted by atomic mass is 9.83. The van der Waals surface area contributed by atoms with Crippen molar-refractivity contribution >= 4 is 24.1 Å². The molecule has 2 aliphatic heterocycles. The first-order chi connectivity index (χ1) is 11.0. The van der Waals surface area contributed by atoms with Gasteiger partial charge in [-0.1, -0.05) is 0 Å². The van der Waals surface area contributed by atoms with Gasteiger partial charge >= 0.3 is 0 Å². The second kappa shape index (κ2) is 7.44. The standard InChI is InChI=1S/C16H18F2N2O3.ClH/c17-14(18)9-20-15(22)10-1-2-13-11(7-10)12(21)8-16(23-13)3-5-19-6-4-16;/h1-2,7,14,19H,3-6,8-9H2,(H,20,22);1H. The Morgan fingerprint density at radius 2 is 2.04 bits per heavy atom. The average molecular weight is 361 g/mol. The van der Waals surface area contributed by atoms with Gasteiger partial charge in [0.05, 0.1) is 18.5 Å². The fraction of sp³-hybridized carbons (Fsp3) is 0.500. The molecule has 0 radical (unpaired) electrons. The smallest absolute Gasteiger partial charge is 0.255 e. The van der Waals surface area contributed by atoms with Crippen LogP contribution in [0.15, 0.2) is 18.2 Å². The van der Waals surface area contributed by atoms with Crippen LogP contribution in [0.2, 0.25) is 0 Å². The van der Waals surface area contributed by atoms with Gasteiger partial charge in [0, 0.05) is 18.4 Å². The summed E-state index contributed by atoms with van der Waals surface area (Å²) >= 11 is 0. The zero-order chi connectivity index (χ0) is 16.4. The van der Waals surface area contributed by atoms with E-state index in [0.29, 0.717) is 11.3 Å². The maximum Gasteiger partial charge on any atom is 0.255 e. The van der Waals surface area contributed by atoms with Gasteiger partial charge in [-0.2, -0.15) is 0 Å². The van der Waals surface area contributed by atoms with Gasteiger partial charge in [-0.3, -0.25) is 9.59 Å². The second-order valence-electron chi connectivity index (χ2n) is 5.95. The van der Waals surface area contributed by atoms with Crippen LogP contribution in [0, 0.1) is 0 Å². The van der Waals surface area contributed by atoms with E-state index in [4.69, 9.17) is 4.74 Å². The fourth-order valence-electron chi connectivity index (χ4n) is 3.07. The fourth-order valence-corrected chi connectivity index (χ4v) is 3.07. The molecule has 8 heteroatoms. The summed E-state index contributed by atoms with van der Waals surface area (Å²) < 4.78 is 30.4. The molecule has 132 valence electrons. The van der Waals surface area contributed by atoms with E-state index in [9.17, 15) is 18.4 Å². The molecule has 1 fully saturated rings. The number of ketones is 1. The summed E-state index contributed by atoms with van der Waals surface area (Å²) in [6, 6.07) is 4.49. The number of benzene rings is 1. The zero-order valence-corrected chi connectivity index (χ0v) is 13.8. The van der Waals surface area contributed by atoms with Crippen molar-refractivity contribution < 1.29 is 23.1 Å². The average Bonchev–Trinajstić information content (AvgIpc) is 2.53. The van der Waals surface area contributed by atoms with Gasteiger partial charge in [0.1, 0.15) is 11.4 Å². The molecule has 0 saturated carbocycles. The van der Waals surface area contributed by atoms with E-state index in [0.717, 1.165) is 25.9 Å². The Balaban J connectivity index is 0.00000208. The number of fused-ring (bicyclic) bond motifs is 1. The molecule has 1 amide bonds. The molecule has 0 atom stereocenters. The SMILES string of the molecule is Cl.O=C(NCC(F)F)c1ccc2c(c1)C(=O)CC1(CCNCC1)O2. The topological polar surface area (TPSA) is 67.4 Å². The largest absolute Gasteiger partial charge is 0.486 e. The lowest BCUT2D eigenvalue weighted by Crippen LogP contribution is -2.49. The third-order valence-corrected chi connectivity index (χ3v) is 4.28. The van der Waals surface area contributed by atoms with Crippen LogP contribution in [0.5, 0.6) is 5.75 Å². The molecule has 0 aliphatic carbocycles. The highest BCUT2D eigenvalue weighted by molar-refractivity contribution is 6.03. The summed E-state index contributed by atoms with van der Waals surface area (Å²) in [6.07, 6.45) is -0.811. The summed E-state index contributed by atoms with van der Waals surface area (Å²) in [6.45, 7) is 0.893. The van der Waals surface area contributed by atoms with Gasteiger partial charge in [-0.25, -0.2) is 8.78 Å².